The van der Waals surface area contributed by atoms with E-state index in [2.05, 4.69) is 20.3 Å². The number of aromatic nitrogens is 1. The first-order valence-corrected chi connectivity index (χ1v) is 7.84. The summed E-state index contributed by atoms with van der Waals surface area (Å²) in [6, 6.07) is 0.387. The molecule has 1 aliphatic carbocycles. The third kappa shape index (κ3) is 4.59. The van der Waals surface area contributed by atoms with Crippen LogP contribution < -0.4 is 21.7 Å². The van der Waals surface area contributed by atoms with Gasteiger partial charge in [0.05, 0.1) is 0 Å². The van der Waals surface area contributed by atoms with Crippen LogP contribution in [0.3, 0.4) is 0 Å². The van der Waals surface area contributed by atoms with Crippen molar-refractivity contribution in [3.63, 3.8) is 0 Å². The van der Waals surface area contributed by atoms with Crippen LogP contribution in [0.1, 0.15) is 43.5 Å². The number of nitrogen functional groups attached to an aromatic ring is 1. The van der Waals surface area contributed by atoms with E-state index in [0.717, 1.165) is 24.4 Å². The van der Waals surface area contributed by atoms with E-state index in [-0.39, 0.29) is 23.7 Å². The van der Waals surface area contributed by atoms with Gasteiger partial charge in [0, 0.05) is 25.0 Å². The van der Waals surface area contributed by atoms with Crippen LogP contribution in [0.2, 0.25) is 0 Å². The summed E-state index contributed by atoms with van der Waals surface area (Å²) in [5.41, 5.74) is 6.10. The van der Waals surface area contributed by atoms with Crippen LogP contribution in [0.4, 0.5) is 10.8 Å². The molecule has 0 bridgehead atoms. The highest BCUT2D eigenvalue weighted by Gasteiger charge is 2.23. The summed E-state index contributed by atoms with van der Waals surface area (Å²) in [7, 11) is 0. The van der Waals surface area contributed by atoms with Gasteiger partial charge in [-0.05, 0) is 38.2 Å². The molecule has 7 nitrogen and oxygen atoms in total. The average molecular weight is 311 g/mol. The van der Waals surface area contributed by atoms with E-state index < -0.39 is 0 Å². The predicted octanol–water partition coefficient (Wildman–Crippen LogP) is 0.944. The molecule has 116 valence electrons. The van der Waals surface area contributed by atoms with Crippen LogP contribution >= 0.6 is 11.5 Å². The molecule has 1 saturated carbocycles. The Balaban J connectivity index is 1.87. The smallest absolute Gasteiger partial charge is 0.258 e. The molecule has 21 heavy (non-hydrogen) atoms. The van der Waals surface area contributed by atoms with Crippen LogP contribution in [0, 0.1) is 0 Å². The molecule has 0 saturated heterocycles. The van der Waals surface area contributed by atoms with Crippen molar-refractivity contribution >= 4 is 34.2 Å². The van der Waals surface area contributed by atoms with Gasteiger partial charge in [0.2, 0.25) is 5.91 Å². The van der Waals surface area contributed by atoms with Crippen molar-refractivity contribution in [3.8, 4) is 0 Å². The fourth-order valence-corrected chi connectivity index (χ4v) is 2.53. The minimum atomic E-state index is -0.249. The van der Waals surface area contributed by atoms with Crippen LogP contribution in [-0.4, -0.2) is 34.8 Å². The lowest BCUT2D eigenvalue weighted by molar-refractivity contribution is -0.120. The molecule has 8 heteroatoms. The molecule has 1 aliphatic rings. The number of carbonyl (C=O) groups excluding carboxylic acids is 2. The number of hydrogen-bond acceptors (Lipinski definition) is 6. The highest BCUT2D eigenvalue weighted by molar-refractivity contribution is 7.11. The summed E-state index contributed by atoms with van der Waals surface area (Å²) < 4.78 is 4.00. The van der Waals surface area contributed by atoms with Gasteiger partial charge in [0.1, 0.15) is 10.6 Å². The largest absolute Gasteiger partial charge is 0.382 e. The Labute approximate surface area is 127 Å². The molecule has 5 N–H and O–H groups in total. The minimum absolute atomic E-state index is 0.0222. The molecule has 0 spiro atoms. The van der Waals surface area contributed by atoms with Gasteiger partial charge in [-0.1, -0.05) is 0 Å². The molecule has 2 rings (SSSR count). The maximum absolute atomic E-state index is 12.1. The predicted molar refractivity (Wildman–Crippen MR) is 83.4 cm³/mol. The first kappa shape index (κ1) is 15.6. The van der Waals surface area contributed by atoms with E-state index in [1.165, 1.54) is 0 Å². The van der Waals surface area contributed by atoms with Gasteiger partial charge >= 0.3 is 0 Å². The molecule has 1 heterocycles. The van der Waals surface area contributed by atoms with Crippen LogP contribution in [0.25, 0.3) is 0 Å². The van der Waals surface area contributed by atoms with Crippen molar-refractivity contribution < 1.29 is 9.59 Å². The third-order valence-electron chi connectivity index (χ3n) is 2.95. The highest BCUT2D eigenvalue weighted by Crippen LogP contribution is 2.26. The maximum atomic E-state index is 12.1. The number of anilines is 2. The number of hydrogen-bond donors (Lipinski definition) is 4. The van der Waals surface area contributed by atoms with Crippen molar-refractivity contribution in [2.45, 2.75) is 45.2 Å². The van der Waals surface area contributed by atoms with Gasteiger partial charge in [-0.2, -0.15) is 4.37 Å². The average Bonchev–Trinajstić information content (AvgIpc) is 3.11. The Hall–Kier alpha value is -1.83. The first-order chi connectivity index (χ1) is 9.97. The Bertz CT molecular complexity index is 525. The quantitative estimate of drug-likeness (QED) is 0.599. The number of nitrogens with two attached hydrogens (primary N) is 1. The lowest BCUT2D eigenvalue weighted by Crippen LogP contribution is -2.31. The van der Waals surface area contributed by atoms with Crippen LogP contribution in [-0.2, 0) is 4.79 Å². The monoisotopic (exact) mass is 311 g/mol. The van der Waals surface area contributed by atoms with Gasteiger partial charge in [-0.25, -0.2) is 0 Å². The molecule has 0 radical (unpaired) electrons. The van der Waals surface area contributed by atoms with Crippen LogP contribution in [0.5, 0.6) is 0 Å². The fourth-order valence-electron chi connectivity index (χ4n) is 1.79. The molecule has 1 fully saturated rings. The number of nitrogens with zero attached hydrogens (tertiary/aromatic N) is 1. The van der Waals surface area contributed by atoms with E-state index >= 15 is 0 Å². The molecule has 0 unspecified atom stereocenters. The summed E-state index contributed by atoms with van der Waals surface area (Å²) in [6.07, 6.45) is 2.51. The molecular formula is C13H21N5O2S. The summed E-state index contributed by atoms with van der Waals surface area (Å²) in [4.78, 5) is 23.7. The summed E-state index contributed by atoms with van der Waals surface area (Å²) in [5.74, 6) is -0.0140. The van der Waals surface area contributed by atoms with E-state index in [1.54, 1.807) is 0 Å². The number of nitrogens with one attached hydrogen (secondary N) is 3. The van der Waals surface area contributed by atoms with Gasteiger partial charge < -0.3 is 21.7 Å². The van der Waals surface area contributed by atoms with Crippen molar-refractivity contribution in [1.29, 1.82) is 0 Å². The Kier molecular flexibility index (Phi) is 5.00. The number of rotatable bonds is 7. The van der Waals surface area contributed by atoms with Gasteiger partial charge in [-0.15, -0.1) is 0 Å². The molecule has 0 aromatic carbocycles. The van der Waals surface area contributed by atoms with Crippen molar-refractivity contribution in [2.75, 3.05) is 17.6 Å². The lowest BCUT2D eigenvalue weighted by atomic mass is 10.2. The lowest BCUT2D eigenvalue weighted by Gasteiger charge is -2.10. The first-order valence-electron chi connectivity index (χ1n) is 7.06. The Morgan fingerprint density at radius 3 is 2.76 bits per heavy atom. The molecule has 1 aromatic heterocycles. The molecule has 0 aliphatic heterocycles. The maximum Gasteiger partial charge on any atom is 0.258 e. The van der Waals surface area contributed by atoms with E-state index in [9.17, 15) is 9.59 Å². The second-order valence-electron chi connectivity index (χ2n) is 5.42. The van der Waals surface area contributed by atoms with Crippen molar-refractivity contribution in [3.05, 3.63) is 5.56 Å². The zero-order valence-electron chi connectivity index (χ0n) is 12.2. The summed E-state index contributed by atoms with van der Waals surface area (Å²) >= 11 is 1.13. The third-order valence-corrected chi connectivity index (χ3v) is 3.76. The second-order valence-corrected chi connectivity index (χ2v) is 6.19. The van der Waals surface area contributed by atoms with E-state index in [0.29, 0.717) is 29.6 Å². The molecule has 0 atom stereocenters. The normalized spacial score (nSPS) is 14.0. The Morgan fingerprint density at radius 2 is 2.14 bits per heavy atom. The second kappa shape index (κ2) is 6.75. The summed E-state index contributed by atoms with van der Waals surface area (Å²) in [6.45, 7) is 4.20. The zero-order valence-corrected chi connectivity index (χ0v) is 13.0. The van der Waals surface area contributed by atoms with Gasteiger partial charge in [0.25, 0.3) is 5.91 Å². The highest BCUT2D eigenvalue weighted by atomic mass is 32.1. The van der Waals surface area contributed by atoms with E-state index in [4.69, 9.17) is 5.73 Å². The zero-order chi connectivity index (χ0) is 15.4. The molecule has 2 amide bonds. The number of amides is 2. The fraction of sp³-hybridized carbons (Fsp3) is 0.615. The topological polar surface area (TPSA) is 109 Å². The Morgan fingerprint density at radius 1 is 1.43 bits per heavy atom. The van der Waals surface area contributed by atoms with Crippen molar-refractivity contribution in [2.24, 2.45) is 0 Å². The molecular weight excluding hydrogens is 290 g/mol. The van der Waals surface area contributed by atoms with Gasteiger partial charge in [0.15, 0.2) is 5.82 Å². The standard InChI is InChI=1S/C13H21N5O2S/c1-7(2)16-12(20)10-11(14)18-21-13(10)15-6-5-9(19)17-8-3-4-8/h7-8,15H,3-6H2,1-2H3,(H2,14,18)(H,16,20)(H,17,19). The summed E-state index contributed by atoms with van der Waals surface area (Å²) in [5, 5.41) is 9.37. The number of carbonyl (C=O) groups is 2. The minimum Gasteiger partial charge on any atom is -0.382 e. The van der Waals surface area contributed by atoms with Crippen molar-refractivity contribution in [1.82, 2.24) is 15.0 Å². The van der Waals surface area contributed by atoms with Crippen LogP contribution in [0.15, 0.2) is 0 Å². The van der Waals surface area contributed by atoms with Gasteiger partial charge in [-0.3, -0.25) is 9.59 Å². The molecule has 1 aromatic rings. The van der Waals surface area contributed by atoms with E-state index in [1.807, 2.05) is 13.8 Å². The SMILES string of the molecule is CC(C)NC(=O)c1c(N)nsc1NCCC(=O)NC1CC1.